The van der Waals surface area contributed by atoms with Crippen LogP contribution in [-0.4, -0.2) is 36.5 Å². The van der Waals surface area contributed by atoms with Gasteiger partial charge in [0, 0.05) is 10.5 Å². The Bertz CT molecular complexity index is 824. The van der Waals surface area contributed by atoms with Gasteiger partial charge in [0.25, 0.3) is 5.91 Å². The quantitative estimate of drug-likeness (QED) is 0.669. The summed E-state index contributed by atoms with van der Waals surface area (Å²) in [5, 5.41) is 11.4. The van der Waals surface area contributed by atoms with Crippen LogP contribution in [-0.2, 0) is 4.79 Å². The summed E-state index contributed by atoms with van der Waals surface area (Å²) in [6, 6.07) is 12.0. The van der Waals surface area contributed by atoms with Crippen LogP contribution in [0.2, 0.25) is 0 Å². The topological polar surface area (TPSA) is 84.9 Å². The van der Waals surface area contributed by atoms with Crippen molar-refractivity contribution in [2.45, 2.75) is 30.0 Å². The zero-order chi connectivity index (χ0) is 20.0. The van der Waals surface area contributed by atoms with E-state index in [0.29, 0.717) is 22.0 Å². The van der Waals surface area contributed by atoms with Gasteiger partial charge in [-0.25, -0.2) is 0 Å². The van der Waals surface area contributed by atoms with Gasteiger partial charge in [0.2, 0.25) is 0 Å². The van der Waals surface area contributed by atoms with Crippen molar-refractivity contribution >= 4 is 23.6 Å². The van der Waals surface area contributed by atoms with Crippen molar-refractivity contribution in [2.75, 3.05) is 14.2 Å². The van der Waals surface area contributed by atoms with E-state index >= 15 is 0 Å². The molecule has 0 aliphatic heterocycles. The van der Waals surface area contributed by atoms with Crippen molar-refractivity contribution in [1.29, 1.82) is 0 Å². The van der Waals surface area contributed by atoms with Crippen LogP contribution < -0.4 is 14.8 Å². The van der Waals surface area contributed by atoms with Crippen molar-refractivity contribution in [3.8, 4) is 11.5 Å². The molecule has 2 N–H and O–H groups in total. The van der Waals surface area contributed by atoms with Gasteiger partial charge < -0.3 is 19.9 Å². The maximum Gasteiger partial charge on any atom is 0.316 e. The van der Waals surface area contributed by atoms with Crippen LogP contribution in [0, 0.1) is 0 Å². The second-order valence-corrected chi connectivity index (χ2v) is 7.28. The number of aliphatic carboxylic acids is 1. The SMILES string of the molecule is COc1ccc(OC)c(C(C)NC(=O)c2ccccc2SC(C)C(=O)O)c1. The zero-order valence-electron chi connectivity index (χ0n) is 15.7. The predicted molar refractivity (Wildman–Crippen MR) is 105 cm³/mol. The third kappa shape index (κ3) is 5.17. The molecule has 0 aliphatic carbocycles. The largest absolute Gasteiger partial charge is 0.497 e. The number of hydrogen-bond acceptors (Lipinski definition) is 5. The van der Waals surface area contributed by atoms with Crippen molar-refractivity contribution in [3.05, 3.63) is 53.6 Å². The molecule has 2 aromatic carbocycles. The lowest BCUT2D eigenvalue weighted by atomic mass is 10.1. The fourth-order valence-corrected chi connectivity index (χ4v) is 3.45. The molecule has 0 saturated carbocycles. The second-order valence-electron chi connectivity index (χ2n) is 5.90. The Morgan fingerprint density at radius 3 is 2.41 bits per heavy atom. The van der Waals surface area contributed by atoms with E-state index in [2.05, 4.69) is 5.32 Å². The van der Waals surface area contributed by atoms with Crippen LogP contribution in [0.25, 0.3) is 0 Å². The first-order chi connectivity index (χ1) is 12.9. The van der Waals surface area contributed by atoms with Gasteiger partial charge in [-0.05, 0) is 44.2 Å². The van der Waals surface area contributed by atoms with E-state index in [1.54, 1.807) is 57.5 Å². The Labute approximate surface area is 162 Å². The van der Waals surface area contributed by atoms with E-state index in [0.717, 1.165) is 17.3 Å². The number of benzene rings is 2. The first-order valence-electron chi connectivity index (χ1n) is 8.38. The van der Waals surface area contributed by atoms with Crippen molar-refractivity contribution in [3.63, 3.8) is 0 Å². The lowest BCUT2D eigenvalue weighted by Gasteiger charge is -2.19. The Kier molecular flexibility index (Phi) is 7.12. The van der Waals surface area contributed by atoms with Gasteiger partial charge in [0.05, 0.1) is 25.8 Å². The van der Waals surface area contributed by atoms with E-state index in [9.17, 15) is 9.59 Å². The molecule has 0 saturated heterocycles. The monoisotopic (exact) mass is 389 g/mol. The third-order valence-electron chi connectivity index (χ3n) is 4.03. The number of ether oxygens (including phenoxy) is 2. The Morgan fingerprint density at radius 2 is 1.78 bits per heavy atom. The molecule has 0 spiro atoms. The highest BCUT2D eigenvalue weighted by Gasteiger charge is 2.20. The number of carboxylic acid groups (broad SMARTS) is 1. The van der Waals surface area contributed by atoms with Gasteiger partial charge in [0.15, 0.2) is 0 Å². The van der Waals surface area contributed by atoms with E-state index in [4.69, 9.17) is 14.6 Å². The molecule has 1 amide bonds. The summed E-state index contributed by atoms with van der Waals surface area (Å²) >= 11 is 1.14. The lowest BCUT2D eigenvalue weighted by molar-refractivity contribution is -0.136. The Balaban J connectivity index is 2.24. The van der Waals surface area contributed by atoms with Crippen molar-refractivity contribution < 1.29 is 24.2 Å². The summed E-state index contributed by atoms with van der Waals surface area (Å²) < 4.78 is 10.6. The highest BCUT2D eigenvalue weighted by atomic mass is 32.2. The van der Waals surface area contributed by atoms with Gasteiger partial charge in [-0.3, -0.25) is 9.59 Å². The number of thioether (sulfide) groups is 1. The molecule has 2 unspecified atom stereocenters. The average Bonchev–Trinajstić information content (AvgIpc) is 2.67. The molecule has 2 atom stereocenters. The molecule has 7 heteroatoms. The summed E-state index contributed by atoms with van der Waals surface area (Å²) in [7, 11) is 3.14. The van der Waals surface area contributed by atoms with Crippen LogP contribution in [0.5, 0.6) is 11.5 Å². The molecular weight excluding hydrogens is 366 g/mol. The standard InChI is InChI=1S/C20H23NO5S/c1-12(16-11-14(25-3)9-10-17(16)26-4)21-19(22)15-7-5-6-8-18(15)27-13(2)20(23)24/h5-13H,1-4H3,(H,21,22)(H,23,24). The fourth-order valence-electron chi connectivity index (χ4n) is 2.53. The molecule has 0 aliphatic rings. The minimum Gasteiger partial charge on any atom is -0.497 e. The highest BCUT2D eigenvalue weighted by Crippen LogP contribution is 2.31. The highest BCUT2D eigenvalue weighted by molar-refractivity contribution is 8.00. The van der Waals surface area contributed by atoms with Crippen LogP contribution in [0.4, 0.5) is 0 Å². The Hall–Kier alpha value is -2.67. The average molecular weight is 389 g/mol. The molecule has 0 aromatic heterocycles. The molecular formula is C20H23NO5S. The molecule has 144 valence electrons. The number of carbonyl (C=O) groups is 2. The van der Waals surface area contributed by atoms with Gasteiger partial charge in [-0.15, -0.1) is 11.8 Å². The number of nitrogens with one attached hydrogen (secondary N) is 1. The number of methoxy groups -OCH3 is 2. The number of carbonyl (C=O) groups excluding carboxylic acids is 1. The predicted octanol–water partition coefficient (Wildman–Crippen LogP) is 3.76. The summed E-state index contributed by atoms with van der Waals surface area (Å²) in [5.74, 6) is 0.0988. The van der Waals surface area contributed by atoms with Crippen LogP contribution in [0.1, 0.15) is 35.8 Å². The summed E-state index contributed by atoms with van der Waals surface area (Å²) in [5.41, 5.74) is 1.22. The van der Waals surface area contributed by atoms with Crippen LogP contribution >= 0.6 is 11.8 Å². The van der Waals surface area contributed by atoms with E-state index < -0.39 is 11.2 Å². The van der Waals surface area contributed by atoms with E-state index in [1.807, 2.05) is 13.0 Å². The van der Waals surface area contributed by atoms with Crippen molar-refractivity contribution in [1.82, 2.24) is 5.32 Å². The maximum atomic E-state index is 12.8. The molecule has 27 heavy (non-hydrogen) atoms. The number of amides is 1. The van der Waals surface area contributed by atoms with Crippen LogP contribution in [0.15, 0.2) is 47.4 Å². The molecule has 0 bridgehead atoms. The first-order valence-corrected chi connectivity index (χ1v) is 9.26. The van der Waals surface area contributed by atoms with Crippen molar-refractivity contribution in [2.24, 2.45) is 0 Å². The molecule has 0 radical (unpaired) electrons. The molecule has 0 heterocycles. The summed E-state index contributed by atoms with van der Waals surface area (Å²) in [6.45, 7) is 3.44. The van der Waals surface area contributed by atoms with Gasteiger partial charge in [0.1, 0.15) is 16.7 Å². The summed E-state index contributed by atoms with van der Waals surface area (Å²) in [4.78, 5) is 24.6. The number of hydrogen-bond donors (Lipinski definition) is 2. The van der Waals surface area contributed by atoms with E-state index in [-0.39, 0.29) is 11.9 Å². The maximum absolute atomic E-state index is 12.8. The van der Waals surface area contributed by atoms with Gasteiger partial charge >= 0.3 is 5.97 Å². The fraction of sp³-hybridized carbons (Fsp3) is 0.300. The lowest BCUT2D eigenvalue weighted by Crippen LogP contribution is -2.27. The third-order valence-corrected chi connectivity index (χ3v) is 5.20. The summed E-state index contributed by atoms with van der Waals surface area (Å²) in [6.07, 6.45) is 0. The van der Waals surface area contributed by atoms with E-state index in [1.165, 1.54) is 0 Å². The second kappa shape index (κ2) is 9.32. The van der Waals surface area contributed by atoms with Gasteiger partial charge in [-0.2, -0.15) is 0 Å². The molecule has 2 rings (SSSR count). The number of carboxylic acids is 1. The molecule has 6 nitrogen and oxygen atoms in total. The minimum atomic E-state index is -0.926. The smallest absolute Gasteiger partial charge is 0.316 e. The van der Waals surface area contributed by atoms with Gasteiger partial charge in [-0.1, -0.05) is 12.1 Å². The Morgan fingerprint density at radius 1 is 1.07 bits per heavy atom. The normalized spacial score (nSPS) is 12.7. The molecule has 2 aromatic rings. The minimum absolute atomic E-state index is 0.284. The molecule has 0 fully saturated rings. The number of rotatable bonds is 8. The first kappa shape index (κ1) is 20.6. The van der Waals surface area contributed by atoms with Crippen LogP contribution in [0.3, 0.4) is 0 Å². The zero-order valence-corrected chi connectivity index (χ0v) is 16.5.